The van der Waals surface area contributed by atoms with Crippen LogP contribution in [0.3, 0.4) is 0 Å². The summed E-state index contributed by atoms with van der Waals surface area (Å²) in [6.07, 6.45) is 27.2. The minimum absolute atomic E-state index is 0. The van der Waals surface area contributed by atoms with Crippen LogP contribution in [0.2, 0.25) is 0 Å². The van der Waals surface area contributed by atoms with Crippen molar-refractivity contribution in [1.29, 1.82) is 0 Å². The summed E-state index contributed by atoms with van der Waals surface area (Å²) >= 11 is 0. The molecule has 0 radical (unpaired) electrons. The molecule has 2 atom stereocenters. The van der Waals surface area contributed by atoms with E-state index in [0.717, 1.165) is 82.9 Å². The van der Waals surface area contributed by atoms with Gasteiger partial charge in [0.2, 0.25) is 0 Å². The number of esters is 2. The van der Waals surface area contributed by atoms with Crippen LogP contribution in [0.5, 0.6) is 0 Å². The molecule has 0 aromatic carbocycles. The smallest absolute Gasteiger partial charge is 0.323 e. The summed E-state index contributed by atoms with van der Waals surface area (Å²) in [5, 5.41) is 12.3. The normalized spacial score (nSPS) is 16.3. The van der Waals surface area contributed by atoms with Gasteiger partial charge in [-0.1, -0.05) is 104 Å². The number of hydrogen-bond acceptors (Lipinski definition) is 10. The van der Waals surface area contributed by atoms with E-state index in [1.807, 2.05) is 25.2 Å². The highest BCUT2D eigenvalue weighted by molar-refractivity contribution is 5.76. The SMILES string of the molecule is CCCCCCCCC(CCCCCCCC)OC(=O)CCCCCCCOC(=O)C1C[C@@H](N/C=C(\N)CN(C)C)CN1CCCCCC(=O)O.N. The zero-order valence-corrected chi connectivity index (χ0v) is 34.0. The lowest BCUT2D eigenvalue weighted by Crippen LogP contribution is -2.38. The van der Waals surface area contributed by atoms with E-state index in [2.05, 4.69) is 24.1 Å². The summed E-state index contributed by atoms with van der Waals surface area (Å²) in [5.41, 5.74) is 6.86. The lowest BCUT2D eigenvalue weighted by atomic mass is 10.0. The Morgan fingerprint density at radius 1 is 0.808 bits per heavy atom. The second-order valence-electron chi connectivity index (χ2n) is 15.2. The molecule has 1 fully saturated rings. The average molecular weight is 740 g/mol. The number of likely N-dealkylation sites (tertiary alicyclic amines) is 1. The number of hydrogen-bond donors (Lipinski definition) is 4. The Bertz CT molecular complexity index is 917. The Morgan fingerprint density at radius 2 is 1.35 bits per heavy atom. The van der Waals surface area contributed by atoms with Gasteiger partial charge >= 0.3 is 17.9 Å². The minimum atomic E-state index is -0.771. The number of ether oxygens (including phenoxy) is 2. The van der Waals surface area contributed by atoms with Crippen molar-refractivity contribution in [2.45, 2.75) is 193 Å². The first kappa shape index (κ1) is 49.6. The van der Waals surface area contributed by atoms with E-state index in [-0.39, 0.29) is 42.7 Å². The molecular weight excluding hydrogens is 658 g/mol. The number of nitrogens with zero attached hydrogens (tertiary/aromatic N) is 2. The summed E-state index contributed by atoms with van der Waals surface area (Å²) in [5.74, 6) is -1.00. The van der Waals surface area contributed by atoms with Gasteiger partial charge in [0.05, 0.1) is 6.61 Å². The van der Waals surface area contributed by atoms with E-state index < -0.39 is 5.97 Å². The van der Waals surface area contributed by atoms with Crippen LogP contribution in [0.1, 0.15) is 174 Å². The molecule has 0 aromatic heterocycles. The van der Waals surface area contributed by atoms with E-state index in [9.17, 15) is 14.4 Å². The summed E-state index contributed by atoms with van der Waals surface area (Å²) in [4.78, 5) is 40.9. The summed E-state index contributed by atoms with van der Waals surface area (Å²) in [7, 11) is 3.94. The van der Waals surface area contributed by atoms with Crippen molar-refractivity contribution in [1.82, 2.24) is 21.3 Å². The van der Waals surface area contributed by atoms with Crippen molar-refractivity contribution >= 4 is 17.9 Å². The Morgan fingerprint density at radius 3 is 1.94 bits per heavy atom. The first-order valence-electron chi connectivity index (χ1n) is 20.8. The number of carboxylic acids is 1. The highest BCUT2D eigenvalue weighted by Gasteiger charge is 2.37. The number of rotatable bonds is 34. The molecule has 7 N–H and O–H groups in total. The maximum Gasteiger partial charge on any atom is 0.323 e. The first-order chi connectivity index (χ1) is 24.7. The summed E-state index contributed by atoms with van der Waals surface area (Å²) in [6.45, 7) is 6.99. The van der Waals surface area contributed by atoms with Crippen LogP contribution in [0.25, 0.3) is 0 Å². The van der Waals surface area contributed by atoms with Gasteiger partial charge in [-0.15, -0.1) is 0 Å². The molecule has 0 saturated carbocycles. The zero-order chi connectivity index (χ0) is 37.5. The molecular formula is C41H81N5O6. The second-order valence-corrected chi connectivity index (χ2v) is 15.2. The molecule has 11 nitrogen and oxygen atoms in total. The average Bonchev–Trinajstić information content (AvgIpc) is 3.50. The zero-order valence-electron chi connectivity index (χ0n) is 34.0. The van der Waals surface area contributed by atoms with Crippen molar-refractivity contribution in [3.63, 3.8) is 0 Å². The van der Waals surface area contributed by atoms with Gasteiger partial charge in [-0.05, 0) is 78.4 Å². The fourth-order valence-electron chi connectivity index (χ4n) is 6.90. The summed E-state index contributed by atoms with van der Waals surface area (Å²) < 4.78 is 11.7. The number of nitrogens with two attached hydrogens (primary N) is 1. The highest BCUT2D eigenvalue weighted by Crippen LogP contribution is 2.22. The van der Waals surface area contributed by atoms with Gasteiger partial charge in [-0.25, -0.2) is 0 Å². The molecule has 11 heteroatoms. The van der Waals surface area contributed by atoms with Crippen LogP contribution < -0.4 is 17.2 Å². The van der Waals surface area contributed by atoms with E-state index in [1.165, 1.54) is 64.2 Å². The number of nitrogens with one attached hydrogen (secondary N) is 1. The van der Waals surface area contributed by atoms with Gasteiger partial charge < -0.3 is 36.7 Å². The summed E-state index contributed by atoms with van der Waals surface area (Å²) in [6, 6.07) is -0.224. The standard InChI is InChI=1S/C41H78N4O6.H3N/c1-5-7-9-11-14-19-25-37(26-20-15-12-10-8-6-2)51-40(48)28-22-16-13-17-24-30-50-41(49)38-31-36(43-32-35(42)33-44(3)4)34-45(38)29-23-18-21-27-39(46)47;/h32,36-38,43H,5-31,33-34,42H2,1-4H3,(H,46,47);1H3/b35-32-;/t36-,38?;/m1./s1. The third-order valence-corrected chi connectivity index (χ3v) is 9.84. The van der Waals surface area contributed by atoms with Gasteiger partial charge in [-0.3, -0.25) is 19.3 Å². The minimum Gasteiger partial charge on any atom is -0.481 e. The van der Waals surface area contributed by atoms with Gasteiger partial charge in [-0.2, -0.15) is 0 Å². The molecule has 0 aromatic rings. The Kier molecular flexibility index (Phi) is 31.7. The first-order valence-corrected chi connectivity index (χ1v) is 20.8. The molecule has 0 bridgehead atoms. The van der Waals surface area contributed by atoms with Gasteiger partial charge in [0.25, 0.3) is 0 Å². The molecule has 1 rings (SSSR count). The van der Waals surface area contributed by atoms with Gasteiger partial charge in [0.15, 0.2) is 0 Å². The highest BCUT2D eigenvalue weighted by atomic mass is 16.5. The van der Waals surface area contributed by atoms with Crippen LogP contribution in [0, 0.1) is 0 Å². The van der Waals surface area contributed by atoms with E-state index in [0.29, 0.717) is 39.0 Å². The fourth-order valence-corrected chi connectivity index (χ4v) is 6.90. The van der Waals surface area contributed by atoms with E-state index in [4.69, 9.17) is 20.3 Å². The largest absolute Gasteiger partial charge is 0.481 e. The Hall–Kier alpha value is -2.37. The Labute approximate surface area is 318 Å². The van der Waals surface area contributed by atoms with Gasteiger partial charge in [0, 0.05) is 43.9 Å². The third-order valence-electron chi connectivity index (χ3n) is 9.84. The van der Waals surface area contributed by atoms with Crippen molar-refractivity contribution in [2.75, 3.05) is 40.3 Å². The van der Waals surface area contributed by atoms with Crippen molar-refractivity contribution in [3.8, 4) is 0 Å². The fraction of sp³-hybridized carbons (Fsp3) is 0.878. The Balaban J connectivity index is 0.0000260. The van der Waals surface area contributed by atoms with Crippen molar-refractivity contribution in [2.24, 2.45) is 5.73 Å². The van der Waals surface area contributed by atoms with Crippen LogP contribution in [0.15, 0.2) is 11.9 Å². The van der Waals surface area contributed by atoms with E-state index >= 15 is 0 Å². The molecule has 52 heavy (non-hydrogen) atoms. The molecule has 1 saturated heterocycles. The number of carboxylic acid groups (broad SMARTS) is 1. The second kappa shape index (κ2) is 33.2. The van der Waals surface area contributed by atoms with Crippen molar-refractivity contribution in [3.05, 3.63) is 11.9 Å². The number of likely N-dealkylation sites (N-methyl/N-ethyl adjacent to an activating group) is 1. The van der Waals surface area contributed by atoms with E-state index in [1.54, 1.807) is 0 Å². The molecule has 0 amide bonds. The molecule has 1 aliphatic rings. The van der Waals surface area contributed by atoms with Crippen molar-refractivity contribution < 1.29 is 29.0 Å². The number of carbonyl (C=O) groups is 3. The monoisotopic (exact) mass is 740 g/mol. The van der Waals surface area contributed by atoms with Crippen LogP contribution >= 0.6 is 0 Å². The molecule has 306 valence electrons. The number of aliphatic carboxylic acids is 1. The predicted molar refractivity (Wildman–Crippen MR) is 213 cm³/mol. The van der Waals surface area contributed by atoms with Crippen LogP contribution in [0.4, 0.5) is 0 Å². The molecule has 1 aliphatic heterocycles. The molecule has 0 spiro atoms. The molecule has 1 unspecified atom stereocenters. The lowest BCUT2D eigenvalue weighted by Gasteiger charge is -2.22. The lowest BCUT2D eigenvalue weighted by molar-refractivity contribution is -0.150. The number of unbranched alkanes of at least 4 members (excludes halogenated alkanes) is 16. The molecule has 0 aliphatic carbocycles. The van der Waals surface area contributed by atoms with Crippen LogP contribution in [-0.4, -0.2) is 91.3 Å². The topological polar surface area (TPSA) is 169 Å². The van der Waals surface area contributed by atoms with Gasteiger partial charge in [0.1, 0.15) is 12.1 Å². The predicted octanol–water partition coefficient (Wildman–Crippen LogP) is 8.48. The third kappa shape index (κ3) is 27.3. The quantitative estimate of drug-likeness (QED) is 0.0369. The van der Waals surface area contributed by atoms with Crippen LogP contribution in [-0.2, 0) is 23.9 Å². The molecule has 1 heterocycles. The number of carbonyl (C=O) groups excluding carboxylic acids is 2. The maximum absolute atomic E-state index is 13.1. The maximum atomic E-state index is 13.1.